The predicted octanol–water partition coefficient (Wildman–Crippen LogP) is 0.295. The first-order valence-electron chi connectivity index (χ1n) is 8.71. The molecule has 2 heterocycles. The first-order chi connectivity index (χ1) is 13.3. The summed E-state index contributed by atoms with van der Waals surface area (Å²) in [5.41, 5.74) is -0.180. The highest BCUT2D eigenvalue weighted by Gasteiger charge is 2.44. The van der Waals surface area contributed by atoms with Crippen LogP contribution in [0.25, 0.3) is 0 Å². The standard InChI is InChI=1S/C18H21N3O7/c1-18(2)16(24)21(17(25)20-18)6-5-15(23)26-9-14(22)19-8-11-3-4-12-13(7-11)28-10-27-12/h3-4,7H,5-6,8-10H2,1-2H3,(H,19,22)(H,20,25). The maximum atomic E-state index is 12.0. The predicted molar refractivity (Wildman–Crippen MR) is 94.3 cm³/mol. The van der Waals surface area contributed by atoms with Gasteiger partial charge in [0, 0.05) is 13.1 Å². The van der Waals surface area contributed by atoms with E-state index in [4.69, 9.17) is 14.2 Å². The van der Waals surface area contributed by atoms with E-state index in [1.807, 2.05) is 0 Å². The summed E-state index contributed by atoms with van der Waals surface area (Å²) in [5.74, 6) is -0.295. The average molecular weight is 391 g/mol. The number of hydrogen-bond donors (Lipinski definition) is 2. The summed E-state index contributed by atoms with van der Waals surface area (Å²) in [7, 11) is 0. The van der Waals surface area contributed by atoms with Crippen LogP contribution < -0.4 is 20.1 Å². The van der Waals surface area contributed by atoms with Gasteiger partial charge in [0.05, 0.1) is 6.42 Å². The maximum Gasteiger partial charge on any atom is 0.325 e. The fourth-order valence-corrected chi connectivity index (χ4v) is 2.74. The molecule has 0 spiro atoms. The fourth-order valence-electron chi connectivity index (χ4n) is 2.74. The number of esters is 1. The molecule has 1 aromatic carbocycles. The van der Waals surface area contributed by atoms with Crippen molar-refractivity contribution in [3.05, 3.63) is 23.8 Å². The van der Waals surface area contributed by atoms with E-state index in [1.165, 1.54) is 0 Å². The average Bonchev–Trinajstić information content (AvgIpc) is 3.18. The number of benzene rings is 1. The molecule has 2 N–H and O–H groups in total. The van der Waals surface area contributed by atoms with Crippen molar-refractivity contribution in [2.45, 2.75) is 32.4 Å². The Labute approximate surface area is 161 Å². The van der Waals surface area contributed by atoms with Crippen LogP contribution >= 0.6 is 0 Å². The maximum absolute atomic E-state index is 12.0. The van der Waals surface area contributed by atoms with Crippen molar-refractivity contribution < 1.29 is 33.4 Å². The van der Waals surface area contributed by atoms with Crippen LogP contribution in [-0.2, 0) is 25.7 Å². The zero-order valence-corrected chi connectivity index (χ0v) is 15.6. The lowest BCUT2D eigenvalue weighted by Crippen LogP contribution is -2.40. The summed E-state index contributed by atoms with van der Waals surface area (Å²) >= 11 is 0. The van der Waals surface area contributed by atoms with Crippen LogP contribution in [0.4, 0.5) is 4.79 Å². The van der Waals surface area contributed by atoms with Crippen molar-refractivity contribution >= 4 is 23.8 Å². The van der Waals surface area contributed by atoms with E-state index in [2.05, 4.69) is 10.6 Å². The number of urea groups is 1. The van der Waals surface area contributed by atoms with Gasteiger partial charge in [-0.3, -0.25) is 19.3 Å². The van der Waals surface area contributed by atoms with Gasteiger partial charge in [0.2, 0.25) is 6.79 Å². The number of nitrogens with zero attached hydrogens (tertiary/aromatic N) is 1. The molecule has 1 fully saturated rings. The third-order valence-corrected chi connectivity index (χ3v) is 4.27. The second-order valence-electron chi connectivity index (χ2n) is 6.89. The van der Waals surface area contributed by atoms with Crippen LogP contribution in [0, 0.1) is 0 Å². The van der Waals surface area contributed by atoms with Crippen LogP contribution in [0.2, 0.25) is 0 Å². The van der Waals surface area contributed by atoms with Gasteiger partial charge in [0.25, 0.3) is 11.8 Å². The number of hydrogen-bond acceptors (Lipinski definition) is 7. The summed E-state index contributed by atoms with van der Waals surface area (Å²) in [6, 6.07) is 4.75. The molecule has 0 bridgehead atoms. The van der Waals surface area contributed by atoms with Gasteiger partial charge < -0.3 is 24.8 Å². The molecule has 0 aliphatic carbocycles. The Morgan fingerprint density at radius 1 is 1.25 bits per heavy atom. The number of amides is 4. The number of carbonyl (C=O) groups is 4. The molecular formula is C18H21N3O7. The molecule has 0 unspecified atom stereocenters. The highest BCUT2D eigenvalue weighted by molar-refractivity contribution is 6.06. The summed E-state index contributed by atoms with van der Waals surface area (Å²) in [5, 5.41) is 5.15. The van der Waals surface area contributed by atoms with Gasteiger partial charge >= 0.3 is 12.0 Å². The van der Waals surface area contributed by atoms with Crippen molar-refractivity contribution in [3.8, 4) is 11.5 Å². The third kappa shape index (κ3) is 4.33. The Bertz CT molecular complexity index is 821. The first-order valence-corrected chi connectivity index (χ1v) is 8.71. The van der Waals surface area contributed by atoms with E-state index >= 15 is 0 Å². The van der Waals surface area contributed by atoms with E-state index in [9.17, 15) is 19.2 Å². The molecule has 1 aromatic rings. The quantitative estimate of drug-likeness (QED) is 0.506. The number of carbonyl (C=O) groups excluding carboxylic acids is 4. The highest BCUT2D eigenvalue weighted by Crippen LogP contribution is 2.32. The van der Waals surface area contributed by atoms with Crippen molar-refractivity contribution in [1.82, 2.24) is 15.5 Å². The van der Waals surface area contributed by atoms with E-state index < -0.39 is 36.0 Å². The minimum atomic E-state index is -0.990. The zero-order valence-electron chi connectivity index (χ0n) is 15.6. The van der Waals surface area contributed by atoms with E-state index in [0.717, 1.165) is 10.5 Å². The van der Waals surface area contributed by atoms with E-state index in [1.54, 1.807) is 32.0 Å². The van der Waals surface area contributed by atoms with Crippen LogP contribution in [0.3, 0.4) is 0 Å². The van der Waals surface area contributed by atoms with Gasteiger partial charge in [-0.2, -0.15) is 0 Å². The van der Waals surface area contributed by atoms with Crippen LogP contribution in [0.5, 0.6) is 11.5 Å². The number of imide groups is 1. The summed E-state index contributed by atoms with van der Waals surface area (Å²) in [6.45, 7) is 3.01. The SMILES string of the molecule is CC1(C)NC(=O)N(CCC(=O)OCC(=O)NCc2ccc3c(c2)OCO3)C1=O. The fraction of sp³-hybridized carbons (Fsp3) is 0.444. The monoisotopic (exact) mass is 391 g/mol. The molecule has 1 saturated heterocycles. The minimum Gasteiger partial charge on any atom is -0.456 e. The first kappa shape index (κ1) is 19.5. The summed E-state index contributed by atoms with van der Waals surface area (Å²) < 4.78 is 15.4. The Morgan fingerprint density at radius 2 is 2.00 bits per heavy atom. The topological polar surface area (TPSA) is 123 Å². The largest absolute Gasteiger partial charge is 0.456 e. The number of nitrogens with one attached hydrogen (secondary N) is 2. The van der Waals surface area contributed by atoms with Gasteiger partial charge in [-0.25, -0.2) is 4.79 Å². The Kier molecular flexibility index (Phi) is 5.39. The Morgan fingerprint density at radius 3 is 2.71 bits per heavy atom. The van der Waals surface area contributed by atoms with Gasteiger partial charge in [-0.05, 0) is 31.5 Å². The van der Waals surface area contributed by atoms with Gasteiger partial charge in [0.1, 0.15) is 5.54 Å². The molecule has 10 heteroatoms. The number of rotatable bonds is 7. The van der Waals surface area contributed by atoms with Crippen molar-refractivity contribution in [2.24, 2.45) is 0 Å². The molecule has 3 rings (SSSR count). The molecule has 10 nitrogen and oxygen atoms in total. The van der Waals surface area contributed by atoms with Crippen molar-refractivity contribution in [1.29, 1.82) is 0 Å². The zero-order chi connectivity index (χ0) is 20.3. The van der Waals surface area contributed by atoms with Crippen molar-refractivity contribution in [3.63, 3.8) is 0 Å². The van der Waals surface area contributed by atoms with Crippen LogP contribution in [0.1, 0.15) is 25.8 Å². The number of ether oxygens (including phenoxy) is 3. The molecule has 28 heavy (non-hydrogen) atoms. The van der Waals surface area contributed by atoms with E-state index in [-0.39, 0.29) is 26.3 Å². The van der Waals surface area contributed by atoms with E-state index in [0.29, 0.717) is 11.5 Å². The molecule has 0 atom stereocenters. The normalized spacial score (nSPS) is 16.7. The van der Waals surface area contributed by atoms with Gasteiger partial charge in [-0.15, -0.1) is 0 Å². The molecule has 150 valence electrons. The third-order valence-electron chi connectivity index (χ3n) is 4.27. The number of fused-ring (bicyclic) bond motifs is 1. The highest BCUT2D eigenvalue weighted by atomic mass is 16.7. The molecule has 2 aliphatic rings. The second-order valence-corrected chi connectivity index (χ2v) is 6.89. The van der Waals surface area contributed by atoms with Gasteiger partial charge in [0.15, 0.2) is 18.1 Å². The lowest BCUT2D eigenvalue weighted by Gasteiger charge is -2.15. The van der Waals surface area contributed by atoms with Crippen LogP contribution in [0.15, 0.2) is 18.2 Å². The van der Waals surface area contributed by atoms with Crippen LogP contribution in [-0.4, -0.2) is 54.2 Å². The molecule has 2 aliphatic heterocycles. The minimum absolute atomic E-state index is 0.105. The smallest absolute Gasteiger partial charge is 0.325 e. The van der Waals surface area contributed by atoms with Crippen molar-refractivity contribution in [2.75, 3.05) is 19.9 Å². The summed E-state index contributed by atoms with van der Waals surface area (Å²) in [6.07, 6.45) is -0.190. The van der Waals surface area contributed by atoms with Gasteiger partial charge in [-0.1, -0.05) is 6.07 Å². The lowest BCUT2D eigenvalue weighted by atomic mass is 10.1. The lowest BCUT2D eigenvalue weighted by molar-refractivity contribution is -0.149. The molecule has 0 aromatic heterocycles. The summed E-state index contributed by atoms with van der Waals surface area (Å²) in [4.78, 5) is 48.3. The molecule has 4 amide bonds. The molecule has 0 saturated carbocycles. The molecular weight excluding hydrogens is 370 g/mol. The molecule has 0 radical (unpaired) electrons. The Balaban J connectivity index is 1.37. The second kappa shape index (κ2) is 7.75. The Hall–Kier alpha value is -3.30.